The molecule has 0 radical (unpaired) electrons. The number of sulfonamides is 1. The number of benzene rings is 3. The van der Waals surface area contributed by atoms with Crippen LogP contribution in [0.25, 0.3) is 0 Å². The Morgan fingerprint density at radius 3 is 2.18 bits per heavy atom. The lowest BCUT2D eigenvalue weighted by Gasteiger charge is -2.26. The van der Waals surface area contributed by atoms with Crippen LogP contribution < -0.4 is 9.86 Å². The molecule has 0 amide bonds. The third-order valence-corrected chi connectivity index (χ3v) is 8.27. The highest BCUT2D eigenvalue weighted by Crippen LogP contribution is 2.30. The summed E-state index contributed by atoms with van der Waals surface area (Å²) in [7, 11) is -6.53. The highest BCUT2D eigenvalue weighted by Gasteiger charge is 2.34. The van der Waals surface area contributed by atoms with Crippen molar-refractivity contribution in [3.05, 3.63) is 100 Å². The molecule has 0 saturated carbocycles. The largest absolute Gasteiger partial charge is 0.342 e. The fourth-order valence-corrected chi connectivity index (χ4v) is 5.65. The monoisotopic (exact) mass is 608 g/mol. The van der Waals surface area contributed by atoms with Crippen LogP contribution in [0.1, 0.15) is 17.0 Å². The molecule has 0 aromatic heterocycles. The zero-order valence-electron chi connectivity index (χ0n) is 20.8. The molecule has 1 atom stereocenters. The Morgan fingerprint density at radius 1 is 1.00 bits per heavy atom. The zero-order chi connectivity index (χ0) is 28.2. The number of likely N-dealkylation sites (N-methyl/N-ethyl adjacent to an activating group) is 1. The van der Waals surface area contributed by atoms with Crippen LogP contribution in [0, 0.1) is 0 Å². The third kappa shape index (κ3) is 7.56. The van der Waals surface area contributed by atoms with Gasteiger partial charge in [-0.05, 0) is 47.5 Å². The van der Waals surface area contributed by atoms with E-state index < -0.39 is 20.2 Å². The number of hydrogen-bond donors (Lipinski definition) is 2. The van der Waals surface area contributed by atoms with Crippen LogP contribution in [0.3, 0.4) is 0 Å². The second-order valence-electron chi connectivity index (χ2n) is 8.72. The Labute approximate surface area is 238 Å². The van der Waals surface area contributed by atoms with Gasteiger partial charge in [-0.3, -0.25) is 0 Å². The first-order valence-electron chi connectivity index (χ1n) is 11.7. The molecule has 1 heterocycles. The van der Waals surface area contributed by atoms with Gasteiger partial charge in [0.15, 0.2) is 0 Å². The van der Waals surface area contributed by atoms with E-state index in [-0.39, 0.29) is 36.4 Å². The first-order chi connectivity index (χ1) is 18.4. The molecule has 0 aliphatic carbocycles. The van der Waals surface area contributed by atoms with E-state index in [0.29, 0.717) is 15.8 Å². The summed E-state index contributed by atoms with van der Waals surface area (Å²) in [6, 6.07) is 22.6. The first kappa shape index (κ1) is 29.0. The van der Waals surface area contributed by atoms with E-state index in [4.69, 9.17) is 33.4 Å². The minimum Gasteiger partial charge on any atom is -0.342 e. The van der Waals surface area contributed by atoms with Gasteiger partial charge >= 0.3 is 0 Å². The lowest BCUT2D eigenvalue weighted by molar-refractivity contribution is 0.375. The van der Waals surface area contributed by atoms with Crippen LogP contribution in [0.4, 0.5) is 0 Å². The van der Waals surface area contributed by atoms with Crippen molar-refractivity contribution < 1.29 is 16.8 Å². The highest BCUT2D eigenvalue weighted by atomic mass is 35.5. The van der Waals surface area contributed by atoms with Crippen molar-refractivity contribution in [2.75, 3.05) is 26.7 Å². The molecule has 0 unspecified atom stereocenters. The SMILES string of the molecule is CN(CCNS(N)(=O)=O)C(=NS(=O)(=O)c1ccc(Cl)cc1)N1C[C@H](c2ccccc2)C(c2ccc(Cl)cc2)=N1. The van der Waals surface area contributed by atoms with E-state index in [0.717, 1.165) is 11.1 Å². The van der Waals surface area contributed by atoms with E-state index in [1.165, 1.54) is 34.2 Å². The zero-order valence-corrected chi connectivity index (χ0v) is 23.9. The molecular formula is C25H26Cl2N6O4S2. The highest BCUT2D eigenvalue weighted by molar-refractivity contribution is 7.90. The molecule has 3 N–H and O–H groups in total. The van der Waals surface area contributed by atoms with E-state index in [1.54, 1.807) is 19.2 Å². The van der Waals surface area contributed by atoms with Crippen LogP contribution in [-0.4, -0.2) is 65.1 Å². The standard InChI is InChI=1S/C25H26Cl2N6O4S2/c1-32(16-15-29-39(28,36)37)25(31-38(34,35)22-13-11-21(27)12-14-22)33-17-23(18-5-3-2-4-6-18)24(30-33)19-7-9-20(26)10-8-19/h2-14,23,29H,15-17H2,1H3,(H2,28,36,37)/t23-/m1/s1. The topological polar surface area (TPSA) is 138 Å². The van der Waals surface area contributed by atoms with Crippen molar-refractivity contribution in [3.63, 3.8) is 0 Å². The molecule has 0 spiro atoms. The van der Waals surface area contributed by atoms with Crippen LogP contribution >= 0.6 is 23.2 Å². The summed E-state index contributed by atoms with van der Waals surface area (Å²) in [6.07, 6.45) is 0. The predicted octanol–water partition coefficient (Wildman–Crippen LogP) is 3.27. The van der Waals surface area contributed by atoms with Gasteiger partial charge in [0.1, 0.15) is 0 Å². The summed E-state index contributed by atoms with van der Waals surface area (Å²) >= 11 is 12.0. The lowest BCUT2D eigenvalue weighted by Crippen LogP contribution is -2.44. The van der Waals surface area contributed by atoms with Gasteiger partial charge < -0.3 is 4.90 Å². The van der Waals surface area contributed by atoms with E-state index in [2.05, 4.69) is 9.12 Å². The summed E-state index contributed by atoms with van der Waals surface area (Å²) < 4.78 is 55.7. The number of rotatable bonds is 8. The molecule has 4 rings (SSSR count). The van der Waals surface area contributed by atoms with Crippen molar-refractivity contribution in [2.24, 2.45) is 14.6 Å². The van der Waals surface area contributed by atoms with Crippen molar-refractivity contribution in [1.82, 2.24) is 14.6 Å². The Bertz CT molecular complexity index is 1580. The van der Waals surface area contributed by atoms with E-state index in [9.17, 15) is 16.8 Å². The molecule has 0 bridgehead atoms. The van der Waals surface area contributed by atoms with Crippen LogP contribution in [-0.2, 0) is 20.2 Å². The van der Waals surface area contributed by atoms with Crippen molar-refractivity contribution in [3.8, 4) is 0 Å². The van der Waals surface area contributed by atoms with Gasteiger partial charge in [-0.15, -0.1) is 4.40 Å². The number of hydrogen-bond acceptors (Lipinski definition) is 5. The maximum absolute atomic E-state index is 13.3. The Balaban J connectivity index is 1.77. The average Bonchev–Trinajstić information content (AvgIpc) is 3.33. The van der Waals surface area contributed by atoms with E-state index in [1.807, 2.05) is 42.5 Å². The number of halogens is 2. The predicted molar refractivity (Wildman–Crippen MR) is 154 cm³/mol. The molecule has 1 aliphatic heterocycles. The maximum Gasteiger partial charge on any atom is 0.285 e. The van der Waals surface area contributed by atoms with Gasteiger partial charge in [0.2, 0.25) is 5.96 Å². The smallest absolute Gasteiger partial charge is 0.285 e. The number of nitrogens with two attached hydrogens (primary N) is 1. The lowest BCUT2D eigenvalue weighted by atomic mass is 9.91. The second-order valence-corrected chi connectivity index (χ2v) is 12.6. The number of nitrogens with one attached hydrogen (secondary N) is 1. The van der Waals surface area contributed by atoms with Gasteiger partial charge in [0.05, 0.1) is 17.2 Å². The van der Waals surface area contributed by atoms with Gasteiger partial charge in [0, 0.05) is 36.1 Å². The number of nitrogens with zero attached hydrogens (tertiary/aromatic N) is 4. The summed E-state index contributed by atoms with van der Waals surface area (Å²) in [5, 5.41) is 12.3. The fraction of sp³-hybridized carbons (Fsp3) is 0.200. The quantitative estimate of drug-likeness (QED) is 0.297. The van der Waals surface area contributed by atoms with Gasteiger partial charge in [-0.1, -0.05) is 65.7 Å². The second kappa shape index (κ2) is 12.0. The molecule has 14 heteroatoms. The van der Waals surface area contributed by atoms with Gasteiger partial charge in [-0.25, -0.2) is 14.9 Å². The molecule has 3 aromatic carbocycles. The third-order valence-electron chi connectivity index (χ3n) is 5.89. The summed E-state index contributed by atoms with van der Waals surface area (Å²) in [6.45, 7) is 0.257. The fourth-order valence-electron chi connectivity index (χ4n) is 3.99. The average molecular weight is 610 g/mol. The maximum atomic E-state index is 13.3. The van der Waals surface area contributed by atoms with Crippen LogP contribution in [0.5, 0.6) is 0 Å². The van der Waals surface area contributed by atoms with Crippen LogP contribution in [0.2, 0.25) is 10.0 Å². The normalized spacial score (nSPS) is 16.3. The molecule has 1 aliphatic rings. The molecule has 206 valence electrons. The number of guanidine groups is 1. The molecule has 3 aromatic rings. The first-order valence-corrected chi connectivity index (χ1v) is 15.4. The van der Waals surface area contributed by atoms with Crippen LogP contribution in [0.15, 0.2) is 93.3 Å². The molecule has 0 saturated heterocycles. The van der Waals surface area contributed by atoms with Gasteiger partial charge in [-0.2, -0.15) is 21.9 Å². The molecule has 39 heavy (non-hydrogen) atoms. The van der Waals surface area contributed by atoms with Crippen molar-refractivity contribution in [1.29, 1.82) is 0 Å². The van der Waals surface area contributed by atoms with E-state index >= 15 is 0 Å². The Morgan fingerprint density at radius 2 is 1.59 bits per heavy atom. The van der Waals surface area contributed by atoms with Gasteiger partial charge in [0.25, 0.3) is 20.2 Å². The molecular weight excluding hydrogens is 583 g/mol. The minimum absolute atomic E-state index is 0.00561. The summed E-state index contributed by atoms with van der Waals surface area (Å²) in [5.41, 5.74) is 2.49. The summed E-state index contributed by atoms with van der Waals surface area (Å²) in [5.74, 6) is -0.210. The Hall–Kier alpha value is -3.00. The minimum atomic E-state index is -4.19. The number of hydrazone groups is 1. The Kier molecular flexibility index (Phi) is 8.94. The van der Waals surface area contributed by atoms with Crippen molar-refractivity contribution >= 4 is 55.1 Å². The molecule has 0 fully saturated rings. The summed E-state index contributed by atoms with van der Waals surface area (Å²) in [4.78, 5) is 1.45. The molecule has 10 nitrogen and oxygen atoms in total. The van der Waals surface area contributed by atoms with Crippen molar-refractivity contribution in [2.45, 2.75) is 10.8 Å².